The molecule has 0 radical (unpaired) electrons. The van der Waals surface area contributed by atoms with Gasteiger partial charge in [-0.1, -0.05) is 0 Å². The van der Waals surface area contributed by atoms with Crippen molar-refractivity contribution in [1.82, 2.24) is 5.32 Å². The molecule has 1 unspecified atom stereocenters. The van der Waals surface area contributed by atoms with E-state index in [1.54, 1.807) is 0 Å². The van der Waals surface area contributed by atoms with Gasteiger partial charge in [0.1, 0.15) is 0 Å². The van der Waals surface area contributed by atoms with Crippen molar-refractivity contribution in [2.75, 3.05) is 13.2 Å². The van der Waals surface area contributed by atoms with Crippen LogP contribution in [0.1, 0.15) is 26.2 Å². The van der Waals surface area contributed by atoms with Gasteiger partial charge in [-0.25, -0.2) is 0 Å². The summed E-state index contributed by atoms with van der Waals surface area (Å²) in [4.78, 5) is 0. The fraction of sp³-hybridized carbons (Fsp3) is 0.889. The molecule has 0 saturated heterocycles. The van der Waals surface area contributed by atoms with Gasteiger partial charge in [0.05, 0.1) is 12.5 Å². The lowest BCUT2D eigenvalue weighted by atomic mass is 10.1. The van der Waals surface area contributed by atoms with E-state index >= 15 is 0 Å². The molecule has 1 rings (SSSR count). The summed E-state index contributed by atoms with van der Waals surface area (Å²) < 4.78 is 0. The molecule has 68 valence electrons. The molecule has 3 nitrogen and oxygen atoms in total. The molecule has 3 heteroatoms. The zero-order chi connectivity index (χ0) is 9.03. The maximum absolute atomic E-state index is 8.99. The predicted octanol–water partition coefficient (Wildman–Crippen LogP) is 0.651. The van der Waals surface area contributed by atoms with Crippen molar-refractivity contribution in [2.24, 2.45) is 5.41 Å². The van der Waals surface area contributed by atoms with E-state index in [4.69, 9.17) is 10.4 Å². The van der Waals surface area contributed by atoms with E-state index in [1.807, 2.05) is 6.92 Å². The molecule has 1 atom stereocenters. The second-order valence-electron chi connectivity index (χ2n) is 3.80. The highest BCUT2D eigenvalue weighted by molar-refractivity contribution is 4.95. The van der Waals surface area contributed by atoms with Crippen LogP contribution in [0.15, 0.2) is 0 Å². The second kappa shape index (κ2) is 3.88. The lowest BCUT2D eigenvalue weighted by molar-refractivity contribution is 0.205. The standard InChI is InChI=1S/C9H16N2O/c1-8(2-5-10)11-6-9(7-12)3-4-9/h8,11-12H,2-4,6-7H2,1H3. The molecule has 1 saturated carbocycles. The van der Waals surface area contributed by atoms with Crippen LogP contribution in [0.5, 0.6) is 0 Å². The van der Waals surface area contributed by atoms with Crippen LogP contribution in [-0.2, 0) is 0 Å². The summed E-state index contributed by atoms with van der Waals surface area (Å²) in [6, 6.07) is 2.37. The van der Waals surface area contributed by atoms with Gasteiger partial charge in [0, 0.05) is 24.6 Å². The van der Waals surface area contributed by atoms with Crippen LogP contribution in [0, 0.1) is 16.7 Å². The summed E-state index contributed by atoms with van der Waals surface area (Å²) in [5.41, 5.74) is 0.156. The Morgan fingerprint density at radius 2 is 2.33 bits per heavy atom. The van der Waals surface area contributed by atoms with E-state index in [2.05, 4.69) is 11.4 Å². The first-order chi connectivity index (χ1) is 5.72. The quantitative estimate of drug-likeness (QED) is 0.633. The van der Waals surface area contributed by atoms with Gasteiger partial charge in [-0.15, -0.1) is 0 Å². The molecule has 0 aliphatic heterocycles. The zero-order valence-electron chi connectivity index (χ0n) is 7.51. The Labute approximate surface area is 73.4 Å². The average molecular weight is 168 g/mol. The number of rotatable bonds is 5. The molecule has 1 aliphatic carbocycles. The number of aliphatic hydroxyl groups excluding tert-OH is 1. The van der Waals surface area contributed by atoms with Gasteiger partial charge in [0.15, 0.2) is 0 Å². The minimum atomic E-state index is 0.156. The first-order valence-electron chi connectivity index (χ1n) is 4.44. The third-order valence-electron chi connectivity index (χ3n) is 2.52. The number of nitriles is 1. The lowest BCUT2D eigenvalue weighted by Crippen LogP contribution is -2.33. The average Bonchev–Trinajstić information content (AvgIpc) is 2.82. The Hall–Kier alpha value is -0.590. The highest BCUT2D eigenvalue weighted by atomic mass is 16.3. The van der Waals surface area contributed by atoms with Gasteiger partial charge in [-0.05, 0) is 19.8 Å². The fourth-order valence-electron chi connectivity index (χ4n) is 1.17. The topological polar surface area (TPSA) is 56.0 Å². The van der Waals surface area contributed by atoms with Crippen LogP contribution in [0.25, 0.3) is 0 Å². The van der Waals surface area contributed by atoms with Crippen molar-refractivity contribution >= 4 is 0 Å². The number of hydrogen-bond donors (Lipinski definition) is 2. The second-order valence-corrected chi connectivity index (χ2v) is 3.80. The normalized spacial score (nSPS) is 21.4. The van der Waals surface area contributed by atoms with Crippen LogP contribution in [0.2, 0.25) is 0 Å². The molecule has 0 aromatic carbocycles. The SMILES string of the molecule is CC(CC#N)NCC1(CO)CC1. The molecule has 0 aromatic heterocycles. The summed E-state index contributed by atoms with van der Waals surface area (Å²) in [6.45, 7) is 3.13. The maximum Gasteiger partial charge on any atom is 0.0638 e. The van der Waals surface area contributed by atoms with E-state index in [0.29, 0.717) is 6.42 Å². The summed E-state index contributed by atoms with van der Waals surface area (Å²) in [6.07, 6.45) is 2.78. The van der Waals surface area contributed by atoms with Crippen molar-refractivity contribution in [1.29, 1.82) is 5.26 Å². The van der Waals surface area contributed by atoms with Crippen LogP contribution >= 0.6 is 0 Å². The molecule has 1 aliphatic rings. The number of hydrogen-bond acceptors (Lipinski definition) is 3. The summed E-state index contributed by atoms with van der Waals surface area (Å²) >= 11 is 0. The smallest absolute Gasteiger partial charge is 0.0638 e. The molecule has 12 heavy (non-hydrogen) atoms. The summed E-state index contributed by atoms with van der Waals surface area (Å²) in [5, 5.41) is 20.6. The van der Waals surface area contributed by atoms with Crippen molar-refractivity contribution in [3.05, 3.63) is 0 Å². The zero-order valence-corrected chi connectivity index (χ0v) is 7.51. The molecule has 0 spiro atoms. The van der Waals surface area contributed by atoms with Crippen molar-refractivity contribution in [3.8, 4) is 6.07 Å². The number of nitrogens with zero attached hydrogens (tertiary/aromatic N) is 1. The van der Waals surface area contributed by atoms with Gasteiger partial charge in [0.25, 0.3) is 0 Å². The van der Waals surface area contributed by atoms with E-state index in [0.717, 1.165) is 19.4 Å². The van der Waals surface area contributed by atoms with E-state index in [9.17, 15) is 0 Å². The van der Waals surface area contributed by atoms with Gasteiger partial charge in [0.2, 0.25) is 0 Å². The third-order valence-corrected chi connectivity index (χ3v) is 2.52. The number of aliphatic hydroxyl groups is 1. The van der Waals surface area contributed by atoms with E-state index < -0.39 is 0 Å². The van der Waals surface area contributed by atoms with Crippen molar-refractivity contribution < 1.29 is 5.11 Å². The Balaban J connectivity index is 2.13. The van der Waals surface area contributed by atoms with Crippen molar-refractivity contribution in [2.45, 2.75) is 32.2 Å². The Morgan fingerprint density at radius 1 is 1.67 bits per heavy atom. The molecular formula is C9H16N2O. The van der Waals surface area contributed by atoms with Gasteiger partial charge in [-0.2, -0.15) is 5.26 Å². The predicted molar refractivity (Wildman–Crippen MR) is 46.4 cm³/mol. The molecule has 1 fully saturated rings. The summed E-state index contributed by atoms with van der Waals surface area (Å²) in [7, 11) is 0. The first-order valence-corrected chi connectivity index (χ1v) is 4.44. The third kappa shape index (κ3) is 2.47. The van der Waals surface area contributed by atoms with Gasteiger partial charge in [-0.3, -0.25) is 0 Å². The lowest BCUT2D eigenvalue weighted by Gasteiger charge is -2.15. The van der Waals surface area contributed by atoms with Crippen LogP contribution < -0.4 is 5.32 Å². The molecule has 0 heterocycles. The van der Waals surface area contributed by atoms with Gasteiger partial charge < -0.3 is 10.4 Å². The first kappa shape index (κ1) is 9.50. The Kier molecular flexibility index (Phi) is 3.07. The minimum absolute atomic E-state index is 0.156. The highest BCUT2D eigenvalue weighted by Crippen LogP contribution is 2.44. The summed E-state index contributed by atoms with van der Waals surface area (Å²) in [5.74, 6) is 0. The Morgan fingerprint density at radius 3 is 2.75 bits per heavy atom. The molecular weight excluding hydrogens is 152 g/mol. The Bertz CT molecular complexity index is 181. The van der Waals surface area contributed by atoms with Crippen LogP contribution in [0.3, 0.4) is 0 Å². The highest BCUT2D eigenvalue weighted by Gasteiger charge is 2.41. The fourth-order valence-corrected chi connectivity index (χ4v) is 1.17. The van der Waals surface area contributed by atoms with E-state index in [-0.39, 0.29) is 18.1 Å². The maximum atomic E-state index is 8.99. The van der Waals surface area contributed by atoms with Crippen LogP contribution in [-0.4, -0.2) is 24.3 Å². The monoisotopic (exact) mass is 168 g/mol. The number of nitrogens with one attached hydrogen (secondary N) is 1. The molecule has 0 amide bonds. The molecule has 0 bridgehead atoms. The van der Waals surface area contributed by atoms with E-state index in [1.165, 1.54) is 0 Å². The van der Waals surface area contributed by atoms with Crippen molar-refractivity contribution in [3.63, 3.8) is 0 Å². The van der Waals surface area contributed by atoms with Crippen LogP contribution in [0.4, 0.5) is 0 Å². The largest absolute Gasteiger partial charge is 0.396 e. The minimum Gasteiger partial charge on any atom is -0.396 e. The molecule has 0 aromatic rings. The molecule has 2 N–H and O–H groups in total. The van der Waals surface area contributed by atoms with Gasteiger partial charge >= 0.3 is 0 Å².